The number of hydrogen-bond donors (Lipinski definition) is 2. The number of aliphatic hydroxyl groups excluding tert-OH is 1. The van der Waals surface area contributed by atoms with Gasteiger partial charge in [0.25, 0.3) is 0 Å². The number of nitrogens with one attached hydrogen (secondary N) is 1. The Kier molecular flexibility index (Phi) is 11.6. The van der Waals surface area contributed by atoms with Gasteiger partial charge in [0, 0.05) is 22.3 Å². The Morgan fingerprint density at radius 3 is 1.78 bits per heavy atom. The van der Waals surface area contributed by atoms with Crippen LogP contribution in [0, 0.1) is 23.7 Å². The molecule has 0 fully saturated rings. The molecule has 1 atom stereocenters. The molecule has 0 aliphatic heterocycles. The molecule has 4 aromatic rings. The van der Waals surface area contributed by atoms with Crippen molar-refractivity contribution in [3.63, 3.8) is 0 Å². The second-order valence-electron chi connectivity index (χ2n) is 10.1. The fourth-order valence-electron chi connectivity index (χ4n) is 3.59. The van der Waals surface area contributed by atoms with Crippen LogP contribution < -0.4 is 5.32 Å². The number of amides is 1. The summed E-state index contributed by atoms with van der Waals surface area (Å²) in [5, 5.41) is 12.3. The Bertz CT molecular complexity index is 1550. The molecule has 0 radical (unpaired) electrons. The first-order valence-corrected chi connectivity index (χ1v) is 13.3. The third-order valence-corrected chi connectivity index (χ3v) is 5.53. The first-order chi connectivity index (χ1) is 19.8. The second-order valence-corrected chi connectivity index (χ2v) is 10.1. The zero-order valence-electron chi connectivity index (χ0n) is 23.7. The fraction of sp³-hybridized carbons (Fsp3) is 0.162. The van der Waals surface area contributed by atoms with Gasteiger partial charge in [-0.05, 0) is 80.4 Å². The quantitative estimate of drug-likeness (QED) is 0.265. The van der Waals surface area contributed by atoms with Gasteiger partial charge in [0.1, 0.15) is 5.60 Å². The molecule has 0 aromatic heterocycles. The molecule has 4 aromatic carbocycles. The van der Waals surface area contributed by atoms with Crippen molar-refractivity contribution in [3.8, 4) is 23.7 Å². The molecular formula is C37H35NO3. The molecule has 0 saturated heterocycles. The smallest absolute Gasteiger partial charge is 0.408 e. The predicted molar refractivity (Wildman–Crippen MR) is 167 cm³/mol. The fourth-order valence-corrected chi connectivity index (χ4v) is 3.59. The third-order valence-electron chi connectivity index (χ3n) is 5.53. The van der Waals surface area contributed by atoms with Crippen LogP contribution in [0.4, 0.5) is 4.79 Å². The van der Waals surface area contributed by atoms with Crippen molar-refractivity contribution in [3.05, 3.63) is 149 Å². The van der Waals surface area contributed by atoms with Crippen molar-refractivity contribution >= 4 is 12.2 Å². The van der Waals surface area contributed by atoms with Gasteiger partial charge in [0.15, 0.2) is 0 Å². The van der Waals surface area contributed by atoms with Crippen LogP contribution in [-0.4, -0.2) is 23.4 Å². The normalized spacial score (nSPS) is 10.7. The van der Waals surface area contributed by atoms with E-state index in [9.17, 15) is 9.90 Å². The number of benzene rings is 4. The minimum Gasteiger partial charge on any atom is -0.444 e. The van der Waals surface area contributed by atoms with Crippen LogP contribution in [0.1, 0.15) is 60.2 Å². The van der Waals surface area contributed by atoms with Crippen molar-refractivity contribution in [2.75, 3.05) is 6.61 Å². The maximum atomic E-state index is 11.9. The van der Waals surface area contributed by atoms with E-state index in [1.54, 1.807) is 20.8 Å². The number of alkyl carbamates (subject to hydrolysis) is 1. The number of carbonyl (C=O) groups excluding carboxylic acids is 1. The molecule has 4 nitrogen and oxygen atoms in total. The molecule has 0 bridgehead atoms. The molecule has 0 heterocycles. The molecule has 1 amide bonds. The van der Waals surface area contributed by atoms with Crippen LogP contribution in [0.3, 0.4) is 0 Å². The van der Waals surface area contributed by atoms with Crippen LogP contribution in [0.2, 0.25) is 0 Å². The van der Waals surface area contributed by atoms with Gasteiger partial charge in [-0.2, -0.15) is 0 Å². The molecule has 206 valence electrons. The third kappa shape index (κ3) is 11.3. The van der Waals surface area contributed by atoms with Gasteiger partial charge in [-0.25, -0.2) is 4.79 Å². The SMILES string of the molecule is C=Cc1cccc(C#Cc2ccccc2)c1.CC(C)(C)OC(=O)N[C@H](CO)c1cccc(C#Cc2ccccc2)c1. The molecule has 41 heavy (non-hydrogen) atoms. The average molecular weight is 542 g/mol. The van der Waals surface area contributed by atoms with Crippen molar-refractivity contribution in [1.29, 1.82) is 0 Å². The van der Waals surface area contributed by atoms with Crippen LogP contribution in [0.25, 0.3) is 6.08 Å². The Morgan fingerprint density at radius 2 is 1.27 bits per heavy atom. The van der Waals surface area contributed by atoms with Crippen LogP contribution in [0.5, 0.6) is 0 Å². The topological polar surface area (TPSA) is 58.6 Å². The molecule has 2 N–H and O–H groups in total. The lowest BCUT2D eigenvalue weighted by Gasteiger charge is -2.23. The van der Waals surface area contributed by atoms with Gasteiger partial charge >= 0.3 is 6.09 Å². The highest BCUT2D eigenvalue weighted by molar-refractivity contribution is 5.68. The van der Waals surface area contributed by atoms with Crippen LogP contribution >= 0.6 is 0 Å². The van der Waals surface area contributed by atoms with E-state index < -0.39 is 17.7 Å². The van der Waals surface area contributed by atoms with E-state index in [-0.39, 0.29) is 6.61 Å². The summed E-state index contributed by atoms with van der Waals surface area (Å²) >= 11 is 0. The largest absolute Gasteiger partial charge is 0.444 e. The zero-order valence-corrected chi connectivity index (χ0v) is 23.7. The van der Waals surface area contributed by atoms with Gasteiger partial charge in [-0.1, -0.05) is 97.0 Å². The minimum atomic E-state index is -0.590. The molecule has 0 spiro atoms. The molecule has 0 unspecified atom stereocenters. The molecule has 0 aliphatic carbocycles. The number of carbonyl (C=O) groups is 1. The monoisotopic (exact) mass is 541 g/mol. The maximum Gasteiger partial charge on any atom is 0.408 e. The summed E-state index contributed by atoms with van der Waals surface area (Å²) in [5.74, 6) is 12.5. The summed E-state index contributed by atoms with van der Waals surface area (Å²) in [6.45, 7) is 8.89. The molecule has 4 rings (SSSR count). The number of hydrogen-bond acceptors (Lipinski definition) is 3. The second kappa shape index (κ2) is 15.5. The Hall–Kier alpha value is -5.03. The Balaban J connectivity index is 0.000000248. The van der Waals surface area contributed by atoms with Gasteiger partial charge in [-0.15, -0.1) is 0 Å². The lowest BCUT2D eigenvalue weighted by atomic mass is 10.0. The van der Waals surface area contributed by atoms with Crippen molar-refractivity contribution in [2.24, 2.45) is 0 Å². The van der Waals surface area contributed by atoms with E-state index in [4.69, 9.17) is 4.74 Å². The number of ether oxygens (including phenoxy) is 1. The standard InChI is InChI=1S/C21H23NO3.C16H12/c1-21(2,3)25-20(24)22-19(15-23)18-11-7-10-17(14-18)13-12-16-8-5-4-6-9-16;1-2-14-9-6-10-16(13-14)12-11-15-7-4-3-5-8-15/h4-11,14,19,23H,15H2,1-3H3,(H,22,24);2-10,13H,1H2/t19-;/m1./s1. The molecule has 0 saturated carbocycles. The van der Waals surface area contributed by atoms with Gasteiger partial charge in [0.05, 0.1) is 12.6 Å². The first-order valence-electron chi connectivity index (χ1n) is 13.3. The highest BCUT2D eigenvalue weighted by Gasteiger charge is 2.20. The summed E-state index contributed by atoms with van der Waals surface area (Å²) in [5.41, 5.74) is 5.07. The van der Waals surface area contributed by atoms with Crippen molar-refractivity contribution < 1.29 is 14.6 Å². The number of aliphatic hydroxyl groups is 1. The average Bonchev–Trinajstić information content (AvgIpc) is 2.98. The Labute approximate surface area is 243 Å². The summed E-state index contributed by atoms with van der Waals surface area (Å²) in [6, 6.07) is 34.6. The van der Waals surface area contributed by atoms with E-state index in [1.807, 2.05) is 115 Å². The Morgan fingerprint density at radius 1 is 0.780 bits per heavy atom. The van der Waals surface area contributed by atoms with Gasteiger partial charge in [-0.3, -0.25) is 0 Å². The van der Waals surface area contributed by atoms with E-state index >= 15 is 0 Å². The van der Waals surface area contributed by atoms with E-state index in [2.05, 4.69) is 35.6 Å². The number of rotatable bonds is 4. The minimum absolute atomic E-state index is 0.227. The highest BCUT2D eigenvalue weighted by atomic mass is 16.6. The lowest BCUT2D eigenvalue weighted by Crippen LogP contribution is -2.36. The predicted octanol–water partition coefficient (Wildman–Crippen LogP) is 7.37. The summed E-state index contributed by atoms with van der Waals surface area (Å²) < 4.78 is 5.24. The van der Waals surface area contributed by atoms with Gasteiger partial charge in [0.2, 0.25) is 0 Å². The molecular weight excluding hydrogens is 506 g/mol. The molecule has 4 heteroatoms. The first kappa shape index (κ1) is 30.5. The summed E-state index contributed by atoms with van der Waals surface area (Å²) in [4.78, 5) is 11.9. The summed E-state index contributed by atoms with van der Waals surface area (Å²) in [6.07, 6.45) is 1.26. The van der Waals surface area contributed by atoms with E-state index in [0.717, 1.165) is 33.4 Å². The van der Waals surface area contributed by atoms with Crippen molar-refractivity contribution in [2.45, 2.75) is 32.4 Å². The molecule has 0 aliphatic rings. The van der Waals surface area contributed by atoms with Crippen LogP contribution in [-0.2, 0) is 4.74 Å². The maximum absolute atomic E-state index is 11.9. The highest BCUT2D eigenvalue weighted by Crippen LogP contribution is 2.16. The van der Waals surface area contributed by atoms with Crippen molar-refractivity contribution in [1.82, 2.24) is 5.32 Å². The summed E-state index contributed by atoms with van der Waals surface area (Å²) in [7, 11) is 0. The van der Waals surface area contributed by atoms with E-state index in [1.165, 1.54) is 0 Å². The van der Waals surface area contributed by atoms with E-state index in [0.29, 0.717) is 0 Å². The van der Waals surface area contributed by atoms with Gasteiger partial charge < -0.3 is 15.2 Å². The zero-order chi connectivity index (χ0) is 29.5. The van der Waals surface area contributed by atoms with Crippen LogP contribution in [0.15, 0.2) is 116 Å². The lowest BCUT2D eigenvalue weighted by molar-refractivity contribution is 0.0482.